The molecular weight excluding hydrogens is 266 g/mol. The van der Waals surface area contributed by atoms with E-state index < -0.39 is 0 Å². The van der Waals surface area contributed by atoms with Gasteiger partial charge in [0.15, 0.2) is 0 Å². The molecule has 2 rings (SSSR count). The number of carbonyl (C=O) groups excluding carboxylic acids is 1. The van der Waals surface area contributed by atoms with E-state index in [9.17, 15) is 4.79 Å². The van der Waals surface area contributed by atoms with Gasteiger partial charge in [-0.3, -0.25) is 9.69 Å². The van der Waals surface area contributed by atoms with Crippen molar-refractivity contribution < 1.29 is 9.53 Å². The standard InChI is InChI=1S/C16H25N3O2/c1-4-13-10-19(8-9-21-13)12(3)16(20)18-15-7-5-6-14(17)11(15)2/h5-7,12-13H,4,8-10,17H2,1-3H3,(H,18,20). The molecule has 21 heavy (non-hydrogen) atoms. The van der Waals surface area contributed by atoms with Crippen LogP contribution in [0.1, 0.15) is 25.8 Å². The molecule has 0 saturated carbocycles. The molecule has 1 aliphatic rings. The number of ether oxygens (including phenoxy) is 1. The van der Waals surface area contributed by atoms with Crippen LogP contribution in [-0.4, -0.2) is 42.6 Å². The van der Waals surface area contributed by atoms with Gasteiger partial charge in [-0.05, 0) is 38.0 Å². The molecule has 5 heteroatoms. The van der Waals surface area contributed by atoms with Crippen LogP contribution in [0.3, 0.4) is 0 Å². The molecule has 2 unspecified atom stereocenters. The van der Waals surface area contributed by atoms with Gasteiger partial charge in [-0.1, -0.05) is 13.0 Å². The molecule has 0 aliphatic carbocycles. The van der Waals surface area contributed by atoms with E-state index in [0.29, 0.717) is 12.3 Å². The number of nitrogen functional groups attached to an aromatic ring is 1. The third-order valence-electron chi connectivity index (χ3n) is 4.19. The van der Waals surface area contributed by atoms with Crippen molar-refractivity contribution in [2.45, 2.75) is 39.3 Å². The molecule has 0 radical (unpaired) electrons. The highest BCUT2D eigenvalue weighted by atomic mass is 16.5. The van der Waals surface area contributed by atoms with E-state index in [1.807, 2.05) is 32.0 Å². The first kappa shape index (κ1) is 15.8. The minimum atomic E-state index is -0.177. The fourth-order valence-corrected chi connectivity index (χ4v) is 2.53. The van der Waals surface area contributed by atoms with Gasteiger partial charge in [0, 0.05) is 24.5 Å². The average molecular weight is 291 g/mol. The molecule has 1 saturated heterocycles. The maximum absolute atomic E-state index is 12.4. The smallest absolute Gasteiger partial charge is 0.241 e. The predicted molar refractivity (Wildman–Crippen MR) is 85.3 cm³/mol. The van der Waals surface area contributed by atoms with Gasteiger partial charge in [0.1, 0.15) is 0 Å². The Morgan fingerprint density at radius 2 is 2.33 bits per heavy atom. The van der Waals surface area contributed by atoms with Gasteiger partial charge < -0.3 is 15.8 Å². The maximum atomic E-state index is 12.4. The second-order valence-electron chi connectivity index (χ2n) is 5.58. The molecule has 3 N–H and O–H groups in total. The number of hydrogen-bond acceptors (Lipinski definition) is 4. The van der Waals surface area contributed by atoms with Crippen molar-refractivity contribution in [3.05, 3.63) is 23.8 Å². The zero-order valence-electron chi connectivity index (χ0n) is 13.1. The van der Waals surface area contributed by atoms with Gasteiger partial charge >= 0.3 is 0 Å². The zero-order chi connectivity index (χ0) is 15.4. The van der Waals surface area contributed by atoms with Crippen LogP contribution in [0, 0.1) is 6.92 Å². The van der Waals surface area contributed by atoms with E-state index in [1.54, 1.807) is 0 Å². The molecule has 5 nitrogen and oxygen atoms in total. The summed E-state index contributed by atoms with van der Waals surface area (Å²) in [7, 11) is 0. The summed E-state index contributed by atoms with van der Waals surface area (Å²) < 4.78 is 5.65. The second kappa shape index (κ2) is 6.91. The lowest BCUT2D eigenvalue weighted by atomic mass is 10.1. The number of nitrogens with one attached hydrogen (secondary N) is 1. The lowest BCUT2D eigenvalue weighted by Gasteiger charge is -2.35. The Morgan fingerprint density at radius 3 is 3.05 bits per heavy atom. The van der Waals surface area contributed by atoms with Crippen LogP contribution in [0.25, 0.3) is 0 Å². The Hall–Kier alpha value is -1.59. The quantitative estimate of drug-likeness (QED) is 0.833. The van der Waals surface area contributed by atoms with E-state index in [-0.39, 0.29) is 18.1 Å². The molecule has 0 spiro atoms. The molecular formula is C16H25N3O2. The Kier molecular flexibility index (Phi) is 5.20. The van der Waals surface area contributed by atoms with Crippen molar-refractivity contribution in [2.24, 2.45) is 0 Å². The molecule has 2 atom stereocenters. The zero-order valence-corrected chi connectivity index (χ0v) is 13.1. The summed E-state index contributed by atoms with van der Waals surface area (Å²) >= 11 is 0. The van der Waals surface area contributed by atoms with Crippen LogP contribution >= 0.6 is 0 Å². The van der Waals surface area contributed by atoms with Gasteiger partial charge in [-0.25, -0.2) is 0 Å². The normalized spacial score (nSPS) is 21.0. The summed E-state index contributed by atoms with van der Waals surface area (Å²) in [6, 6.07) is 5.39. The number of rotatable bonds is 4. The topological polar surface area (TPSA) is 67.6 Å². The molecule has 1 aliphatic heterocycles. The van der Waals surface area contributed by atoms with Crippen molar-refractivity contribution in [1.29, 1.82) is 0 Å². The number of anilines is 2. The molecule has 0 bridgehead atoms. The average Bonchev–Trinajstić information content (AvgIpc) is 2.51. The van der Waals surface area contributed by atoms with Crippen LogP contribution in [-0.2, 0) is 9.53 Å². The summed E-state index contributed by atoms with van der Waals surface area (Å²) in [6.07, 6.45) is 1.20. The van der Waals surface area contributed by atoms with E-state index >= 15 is 0 Å². The van der Waals surface area contributed by atoms with Gasteiger partial charge in [-0.15, -0.1) is 0 Å². The first-order valence-electron chi connectivity index (χ1n) is 7.54. The Labute approximate surface area is 126 Å². The summed E-state index contributed by atoms with van der Waals surface area (Å²) in [5, 5.41) is 2.98. The fraction of sp³-hybridized carbons (Fsp3) is 0.562. The van der Waals surface area contributed by atoms with Crippen molar-refractivity contribution in [3.8, 4) is 0 Å². The molecule has 116 valence electrons. The van der Waals surface area contributed by atoms with Crippen molar-refractivity contribution >= 4 is 17.3 Å². The highest BCUT2D eigenvalue weighted by molar-refractivity contribution is 5.95. The van der Waals surface area contributed by atoms with E-state index in [0.717, 1.165) is 30.8 Å². The lowest BCUT2D eigenvalue weighted by molar-refractivity contribution is -0.124. The monoisotopic (exact) mass is 291 g/mol. The van der Waals surface area contributed by atoms with Crippen molar-refractivity contribution in [3.63, 3.8) is 0 Å². The first-order chi connectivity index (χ1) is 10.0. The largest absolute Gasteiger partial charge is 0.398 e. The van der Waals surface area contributed by atoms with Gasteiger partial charge in [0.05, 0.1) is 18.8 Å². The van der Waals surface area contributed by atoms with Crippen LogP contribution in [0.4, 0.5) is 11.4 Å². The predicted octanol–water partition coefficient (Wildman–Crippen LogP) is 2.02. The number of nitrogens with zero attached hydrogens (tertiary/aromatic N) is 1. The second-order valence-corrected chi connectivity index (χ2v) is 5.58. The third-order valence-corrected chi connectivity index (χ3v) is 4.19. The Balaban J connectivity index is 2.00. The first-order valence-corrected chi connectivity index (χ1v) is 7.54. The number of amides is 1. The highest BCUT2D eigenvalue weighted by Crippen LogP contribution is 2.21. The number of morpholine rings is 1. The van der Waals surface area contributed by atoms with E-state index in [1.165, 1.54) is 0 Å². The van der Waals surface area contributed by atoms with E-state index in [2.05, 4.69) is 17.1 Å². The summed E-state index contributed by atoms with van der Waals surface area (Å²) in [5.41, 5.74) is 8.26. The molecule has 1 fully saturated rings. The maximum Gasteiger partial charge on any atom is 0.241 e. The van der Waals surface area contributed by atoms with Crippen molar-refractivity contribution in [2.75, 3.05) is 30.7 Å². The molecule has 1 aromatic rings. The van der Waals surface area contributed by atoms with Gasteiger partial charge in [0.25, 0.3) is 0 Å². The molecule has 1 heterocycles. The summed E-state index contributed by atoms with van der Waals surface area (Å²) in [4.78, 5) is 14.6. The minimum absolute atomic E-state index is 0.000420. The van der Waals surface area contributed by atoms with Crippen LogP contribution in [0.5, 0.6) is 0 Å². The molecule has 1 amide bonds. The third kappa shape index (κ3) is 3.74. The van der Waals surface area contributed by atoms with Crippen LogP contribution in [0.2, 0.25) is 0 Å². The van der Waals surface area contributed by atoms with Crippen LogP contribution in [0.15, 0.2) is 18.2 Å². The van der Waals surface area contributed by atoms with Crippen LogP contribution < -0.4 is 11.1 Å². The Morgan fingerprint density at radius 1 is 1.57 bits per heavy atom. The number of benzene rings is 1. The van der Waals surface area contributed by atoms with E-state index in [4.69, 9.17) is 10.5 Å². The number of nitrogens with two attached hydrogens (primary N) is 1. The minimum Gasteiger partial charge on any atom is -0.398 e. The lowest BCUT2D eigenvalue weighted by Crippen LogP contribution is -2.50. The Bertz CT molecular complexity index is 504. The highest BCUT2D eigenvalue weighted by Gasteiger charge is 2.27. The summed E-state index contributed by atoms with van der Waals surface area (Å²) in [5.74, 6) is 0.000420. The fourth-order valence-electron chi connectivity index (χ4n) is 2.53. The van der Waals surface area contributed by atoms with Gasteiger partial charge in [0.2, 0.25) is 5.91 Å². The summed E-state index contributed by atoms with van der Waals surface area (Å²) in [6.45, 7) is 8.25. The number of carbonyl (C=O) groups is 1. The SMILES string of the molecule is CCC1CN(C(C)C(=O)Nc2cccc(N)c2C)CCO1. The number of hydrogen-bond donors (Lipinski definition) is 2. The van der Waals surface area contributed by atoms with Gasteiger partial charge in [-0.2, -0.15) is 0 Å². The van der Waals surface area contributed by atoms with Crippen molar-refractivity contribution in [1.82, 2.24) is 4.90 Å². The molecule has 0 aromatic heterocycles. The molecule has 1 aromatic carbocycles.